The van der Waals surface area contributed by atoms with Crippen LogP contribution in [0.5, 0.6) is 0 Å². The smallest absolute Gasteiger partial charge is 0.261 e. The van der Waals surface area contributed by atoms with Crippen molar-refractivity contribution in [3.05, 3.63) is 66.1 Å². The van der Waals surface area contributed by atoms with E-state index in [4.69, 9.17) is 0 Å². The van der Waals surface area contributed by atoms with Gasteiger partial charge in [-0.25, -0.2) is 4.98 Å². The van der Waals surface area contributed by atoms with Crippen LogP contribution in [-0.4, -0.2) is 22.3 Å². The summed E-state index contributed by atoms with van der Waals surface area (Å²) < 4.78 is 1.88. The molecule has 2 heterocycles. The summed E-state index contributed by atoms with van der Waals surface area (Å²) in [6, 6.07) is 13.3. The monoisotopic (exact) mass is 265 g/mol. The van der Waals surface area contributed by atoms with Crippen LogP contribution in [0, 0.1) is 6.92 Å². The number of fused-ring (bicyclic) bond motifs is 1. The minimum atomic E-state index is -0.0626. The quantitative estimate of drug-likeness (QED) is 0.714. The molecule has 0 aliphatic carbocycles. The van der Waals surface area contributed by atoms with Gasteiger partial charge in [0.25, 0.3) is 5.91 Å². The Morgan fingerprint density at radius 2 is 1.90 bits per heavy atom. The van der Waals surface area contributed by atoms with Gasteiger partial charge in [-0.05, 0) is 31.2 Å². The summed E-state index contributed by atoms with van der Waals surface area (Å²) in [4.78, 5) is 18.7. The Hall–Kier alpha value is -2.62. The van der Waals surface area contributed by atoms with Crippen molar-refractivity contribution in [2.45, 2.75) is 6.92 Å². The average Bonchev–Trinajstić information content (AvgIpc) is 2.86. The van der Waals surface area contributed by atoms with Gasteiger partial charge in [-0.3, -0.25) is 4.79 Å². The van der Waals surface area contributed by atoms with Gasteiger partial charge in [0.05, 0.1) is 11.3 Å². The fourth-order valence-electron chi connectivity index (χ4n) is 2.25. The second kappa shape index (κ2) is 4.81. The molecule has 1 aromatic carbocycles. The molecule has 100 valence electrons. The molecule has 0 N–H and O–H groups in total. The van der Waals surface area contributed by atoms with Crippen molar-refractivity contribution in [1.82, 2.24) is 9.38 Å². The van der Waals surface area contributed by atoms with Gasteiger partial charge < -0.3 is 9.30 Å². The number of amides is 1. The summed E-state index contributed by atoms with van der Waals surface area (Å²) in [5.74, 6) is -0.0626. The second-order valence-electron chi connectivity index (χ2n) is 4.73. The molecule has 20 heavy (non-hydrogen) atoms. The van der Waals surface area contributed by atoms with Crippen LogP contribution in [0.4, 0.5) is 5.69 Å². The van der Waals surface area contributed by atoms with Gasteiger partial charge in [0.15, 0.2) is 0 Å². The third-order valence-electron chi connectivity index (χ3n) is 3.28. The van der Waals surface area contributed by atoms with Crippen molar-refractivity contribution in [3.63, 3.8) is 0 Å². The SMILES string of the molecule is Cc1cn2cccc(C(=O)N(C)c3ccccc3)c2n1. The van der Waals surface area contributed by atoms with Crippen molar-refractivity contribution < 1.29 is 4.79 Å². The number of benzene rings is 1. The molecule has 0 saturated carbocycles. The van der Waals surface area contributed by atoms with E-state index in [1.165, 1.54) is 0 Å². The first kappa shape index (κ1) is 12.4. The van der Waals surface area contributed by atoms with Gasteiger partial charge in [-0.15, -0.1) is 0 Å². The summed E-state index contributed by atoms with van der Waals surface area (Å²) in [6.07, 6.45) is 3.81. The number of para-hydroxylation sites is 1. The molecule has 3 rings (SSSR count). The van der Waals surface area contributed by atoms with Gasteiger partial charge in [0, 0.05) is 25.1 Å². The van der Waals surface area contributed by atoms with Crippen molar-refractivity contribution in [2.75, 3.05) is 11.9 Å². The maximum Gasteiger partial charge on any atom is 0.261 e. The second-order valence-corrected chi connectivity index (χ2v) is 4.73. The van der Waals surface area contributed by atoms with Crippen molar-refractivity contribution in [1.29, 1.82) is 0 Å². The third kappa shape index (κ3) is 2.05. The molecule has 0 saturated heterocycles. The number of carbonyl (C=O) groups excluding carboxylic acids is 1. The predicted molar refractivity (Wildman–Crippen MR) is 79.1 cm³/mol. The molecule has 1 amide bonds. The molecule has 4 heteroatoms. The molecule has 0 spiro atoms. The maximum absolute atomic E-state index is 12.6. The van der Waals surface area contributed by atoms with Crippen LogP contribution in [0.2, 0.25) is 0 Å². The highest BCUT2D eigenvalue weighted by molar-refractivity contribution is 6.09. The fourth-order valence-corrected chi connectivity index (χ4v) is 2.25. The first-order chi connectivity index (χ1) is 9.66. The Bertz CT molecular complexity index is 762. The van der Waals surface area contributed by atoms with E-state index in [1.807, 2.05) is 66.2 Å². The highest BCUT2D eigenvalue weighted by Gasteiger charge is 2.17. The van der Waals surface area contributed by atoms with Crippen LogP contribution < -0.4 is 4.90 Å². The summed E-state index contributed by atoms with van der Waals surface area (Å²) in [7, 11) is 1.77. The number of hydrogen-bond donors (Lipinski definition) is 0. The van der Waals surface area contributed by atoms with Crippen molar-refractivity contribution in [2.24, 2.45) is 0 Å². The molecule has 3 aromatic rings. The normalized spacial score (nSPS) is 10.7. The van der Waals surface area contributed by atoms with Gasteiger partial charge in [-0.1, -0.05) is 18.2 Å². The number of rotatable bonds is 2. The zero-order valence-corrected chi connectivity index (χ0v) is 11.4. The zero-order chi connectivity index (χ0) is 14.1. The van der Waals surface area contributed by atoms with Gasteiger partial charge in [0.1, 0.15) is 5.65 Å². The standard InChI is InChI=1S/C16H15N3O/c1-12-11-19-10-6-9-14(15(19)17-12)16(20)18(2)13-7-4-3-5-8-13/h3-11H,1-2H3. The van der Waals surface area contributed by atoms with E-state index in [2.05, 4.69) is 4.98 Å². The number of aromatic nitrogens is 2. The minimum absolute atomic E-state index is 0.0626. The van der Waals surface area contributed by atoms with Crippen LogP contribution >= 0.6 is 0 Å². The molecule has 0 radical (unpaired) electrons. The Balaban J connectivity index is 2.05. The predicted octanol–water partition coefficient (Wildman–Crippen LogP) is 2.92. The molecule has 0 aliphatic rings. The lowest BCUT2D eigenvalue weighted by Gasteiger charge is -2.17. The maximum atomic E-state index is 12.6. The number of aryl methyl sites for hydroxylation is 1. The number of hydrogen-bond acceptors (Lipinski definition) is 2. The zero-order valence-electron chi connectivity index (χ0n) is 11.4. The van der Waals surface area contributed by atoms with Crippen LogP contribution in [0.1, 0.15) is 16.1 Å². The topological polar surface area (TPSA) is 37.6 Å². The average molecular weight is 265 g/mol. The summed E-state index contributed by atoms with van der Waals surface area (Å²) >= 11 is 0. The largest absolute Gasteiger partial charge is 0.311 e. The van der Waals surface area contributed by atoms with Crippen LogP contribution in [0.25, 0.3) is 5.65 Å². The van der Waals surface area contributed by atoms with Crippen molar-refractivity contribution in [3.8, 4) is 0 Å². The van der Waals surface area contributed by atoms with Gasteiger partial charge in [0.2, 0.25) is 0 Å². The van der Waals surface area contributed by atoms with Gasteiger partial charge in [-0.2, -0.15) is 0 Å². The first-order valence-electron chi connectivity index (χ1n) is 6.44. The molecule has 0 unspecified atom stereocenters. The van der Waals surface area contributed by atoms with Crippen LogP contribution in [0.3, 0.4) is 0 Å². The fraction of sp³-hybridized carbons (Fsp3) is 0.125. The van der Waals surface area contributed by atoms with E-state index < -0.39 is 0 Å². The Labute approximate surface area is 117 Å². The molecule has 0 atom stereocenters. The van der Waals surface area contributed by atoms with Gasteiger partial charge >= 0.3 is 0 Å². The van der Waals surface area contributed by atoms with Crippen molar-refractivity contribution >= 4 is 17.2 Å². The Morgan fingerprint density at radius 1 is 1.15 bits per heavy atom. The van der Waals surface area contributed by atoms with Crippen LogP contribution in [-0.2, 0) is 0 Å². The lowest BCUT2D eigenvalue weighted by atomic mass is 10.2. The highest BCUT2D eigenvalue weighted by Crippen LogP contribution is 2.18. The first-order valence-corrected chi connectivity index (χ1v) is 6.44. The molecular formula is C16H15N3O. The number of nitrogens with zero attached hydrogens (tertiary/aromatic N) is 3. The Kier molecular flexibility index (Phi) is 2.99. The number of pyridine rings is 1. The minimum Gasteiger partial charge on any atom is -0.311 e. The van der Waals surface area contributed by atoms with E-state index in [1.54, 1.807) is 11.9 Å². The van der Waals surface area contributed by atoms with E-state index >= 15 is 0 Å². The summed E-state index contributed by atoms with van der Waals surface area (Å²) in [5.41, 5.74) is 3.06. The molecule has 4 nitrogen and oxygen atoms in total. The van der Waals surface area contributed by atoms with E-state index in [-0.39, 0.29) is 5.91 Å². The number of imidazole rings is 1. The number of carbonyl (C=O) groups is 1. The van der Waals surface area contributed by atoms with E-state index in [0.29, 0.717) is 11.2 Å². The van der Waals surface area contributed by atoms with E-state index in [9.17, 15) is 4.79 Å². The molecule has 0 fully saturated rings. The van der Waals surface area contributed by atoms with E-state index in [0.717, 1.165) is 11.4 Å². The Morgan fingerprint density at radius 3 is 2.65 bits per heavy atom. The third-order valence-corrected chi connectivity index (χ3v) is 3.28. The van der Waals surface area contributed by atoms with Crippen LogP contribution in [0.15, 0.2) is 54.9 Å². The highest BCUT2D eigenvalue weighted by atomic mass is 16.2. The lowest BCUT2D eigenvalue weighted by Crippen LogP contribution is -2.26. The molecular weight excluding hydrogens is 250 g/mol. The lowest BCUT2D eigenvalue weighted by molar-refractivity contribution is 0.0994. The summed E-state index contributed by atoms with van der Waals surface area (Å²) in [6.45, 7) is 1.92. The molecule has 2 aromatic heterocycles. The molecule has 0 bridgehead atoms. The summed E-state index contributed by atoms with van der Waals surface area (Å²) in [5, 5.41) is 0. The molecule has 0 aliphatic heterocycles. The number of anilines is 1.